The smallest absolute Gasteiger partial charge is 0.332 e. The molecule has 2 amide bonds. The minimum absolute atomic E-state index is 0.0976. The molecule has 1 aliphatic heterocycles. The van der Waals surface area contributed by atoms with Crippen molar-refractivity contribution in [3.63, 3.8) is 0 Å². The monoisotopic (exact) mass is 404 g/mol. The zero-order valence-corrected chi connectivity index (χ0v) is 17.0. The molecule has 0 bridgehead atoms. The molecule has 0 N–H and O–H groups in total. The largest absolute Gasteiger partial charge is 0.481 e. The molecular formula is C23H24N4O3. The van der Waals surface area contributed by atoms with Crippen molar-refractivity contribution < 1.29 is 14.1 Å². The van der Waals surface area contributed by atoms with Gasteiger partial charge < -0.3 is 9.26 Å². The normalized spacial score (nSPS) is 18.2. The predicted octanol–water partition coefficient (Wildman–Crippen LogP) is 4.89. The van der Waals surface area contributed by atoms with E-state index in [9.17, 15) is 4.79 Å². The van der Waals surface area contributed by atoms with E-state index in [0.717, 1.165) is 42.6 Å². The van der Waals surface area contributed by atoms with Gasteiger partial charge in [-0.3, -0.25) is 9.80 Å². The van der Waals surface area contributed by atoms with Gasteiger partial charge in [-0.2, -0.15) is 0 Å². The van der Waals surface area contributed by atoms with Gasteiger partial charge in [0.05, 0.1) is 31.1 Å². The number of nitrogens with zero attached hydrogens (tertiary/aromatic N) is 4. The average molecular weight is 404 g/mol. The molecular weight excluding hydrogens is 380 g/mol. The molecule has 1 saturated carbocycles. The Morgan fingerprint density at radius 1 is 1.07 bits per heavy atom. The molecule has 1 aromatic carbocycles. The van der Waals surface area contributed by atoms with Gasteiger partial charge in [0.1, 0.15) is 5.69 Å². The number of methoxy groups -OCH3 is 1. The highest BCUT2D eigenvalue weighted by Crippen LogP contribution is 2.44. The molecule has 5 rings (SSSR count). The van der Waals surface area contributed by atoms with Crippen molar-refractivity contribution in [1.82, 2.24) is 10.1 Å². The molecule has 154 valence electrons. The molecule has 0 unspecified atom stereocenters. The lowest BCUT2D eigenvalue weighted by atomic mass is 9.81. The second-order valence-corrected chi connectivity index (χ2v) is 7.96. The highest BCUT2D eigenvalue weighted by molar-refractivity contribution is 6.07. The fourth-order valence-electron chi connectivity index (χ4n) is 4.65. The first-order chi connectivity index (χ1) is 14.7. The number of carbonyl (C=O) groups is 1. The summed E-state index contributed by atoms with van der Waals surface area (Å²) in [4.78, 5) is 21.5. The van der Waals surface area contributed by atoms with Gasteiger partial charge in [0.15, 0.2) is 0 Å². The first-order valence-electron chi connectivity index (χ1n) is 10.3. The number of benzene rings is 1. The van der Waals surface area contributed by atoms with Crippen molar-refractivity contribution >= 4 is 17.6 Å². The lowest BCUT2D eigenvalue weighted by molar-refractivity contribution is 0.245. The number of ether oxygens (including phenoxy) is 1. The lowest BCUT2D eigenvalue weighted by Crippen LogP contribution is -2.48. The number of pyridine rings is 1. The zero-order chi connectivity index (χ0) is 20.6. The van der Waals surface area contributed by atoms with Gasteiger partial charge in [-0.15, -0.1) is 0 Å². The van der Waals surface area contributed by atoms with Crippen LogP contribution in [0.3, 0.4) is 0 Å². The Morgan fingerprint density at radius 2 is 1.87 bits per heavy atom. The van der Waals surface area contributed by atoms with Gasteiger partial charge in [0.25, 0.3) is 0 Å². The van der Waals surface area contributed by atoms with Crippen LogP contribution in [0.1, 0.15) is 32.1 Å². The van der Waals surface area contributed by atoms with Gasteiger partial charge >= 0.3 is 6.03 Å². The van der Waals surface area contributed by atoms with Gasteiger partial charge in [-0.05, 0) is 18.9 Å². The van der Waals surface area contributed by atoms with E-state index in [1.54, 1.807) is 24.3 Å². The first-order valence-corrected chi connectivity index (χ1v) is 10.3. The van der Waals surface area contributed by atoms with E-state index in [-0.39, 0.29) is 11.6 Å². The first kappa shape index (κ1) is 18.7. The fraction of sp³-hybridized carbons (Fsp3) is 0.348. The van der Waals surface area contributed by atoms with E-state index in [4.69, 9.17) is 9.26 Å². The molecule has 7 heteroatoms. The van der Waals surface area contributed by atoms with Gasteiger partial charge in [0, 0.05) is 17.7 Å². The molecule has 1 saturated heterocycles. The van der Waals surface area contributed by atoms with E-state index in [1.165, 1.54) is 6.42 Å². The molecule has 2 aliphatic rings. The summed E-state index contributed by atoms with van der Waals surface area (Å²) in [5.74, 6) is 1.03. The van der Waals surface area contributed by atoms with Crippen LogP contribution in [0.2, 0.25) is 0 Å². The molecule has 1 aliphatic carbocycles. The quantitative estimate of drug-likeness (QED) is 0.619. The van der Waals surface area contributed by atoms with Crippen molar-refractivity contribution in [3.05, 3.63) is 54.7 Å². The number of carbonyl (C=O) groups excluding carboxylic acids is 1. The summed E-state index contributed by atoms with van der Waals surface area (Å²) in [6.07, 6.45) is 6.96. The predicted molar refractivity (Wildman–Crippen MR) is 114 cm³/mol. The summed E-state index contributed by atoms with van der Waals surface area (Å²) in [5.41, 5.74) is 2.17. The third kappa shape index (κ3) is 3.10. The minimum Gasteiger partial charge on any atom is -0.481 e. The lowest BCUT2D eigenvalue weighted by Gasteiger charge is -2.38. The number of hydrogen-bond donors (Lipinski definition) is 0. The van der Waals surface area contributed by atoms with Crippen molar-refractivity contribution in [2.45, 2.75) is 37.6 Å². The van der Waals surface area contributed by atoms with Crippen LogP contribution in [0.15, 0.2) is 59.3 Å². The van der Waals surface area contributed by atoms with Gasteiger partial charge in [-0.25, -0.2) is 9.78 Å². The van der Waals surface area contributed by atoms with E-state index in [0.29, 0.717) is 18.3 Å². The maximum Gasteiger partial charge on any atom is 0.332 e. The molecule has 30 heavy (non-hydrogen) atoms. The Labute approximate surface area is 175 Å². The Hall–Kier alpha value is -3.35. The van der Waals surface area contributed by atoms with Gasteiger partial charge in [-0.1, -0.05) is 54.8 Å². The van der Waals surface area contributed by atoms with Crippen LogP contribution < -0.4 is 14.5 Å². The summed E-state index contributed by atoms with van der Waals surface area (Å²) >= 11 is 0. The molecule has 0 atom stereocenters. The maximum absolute atomic E-state index is 13.6. The van der Waals surface area contributed by atoms with E-state index >= 15 is 0 Å². The molecule has 2 aromatic heterocycles. The van der Waals surface area contributed by atoms with E-state index in [1.807, 2.05) is 47.4 Å². The summed E-state index contributed by atoms with van der Waals surface area (Å²) < 4.78 is 10.9. The highest BCUT2D eigenvalue weighted by Gasteiger charge is 2.52. The van der Waals surface area contributed by atoms with Crippen molar-refractivity contribution in [3.8, 4) is 17.1 Å². The topological polar surface area (TPSA) is 71.7 Å². The molecule has 3 heterocycles. The van der Waals surface area contributed by atoms with Gasteiger partial charge in [0.2, 0.25) is 11.8 Å². The Balaban J connectivity index is 1.51. The van der Waals surface area contributed by atoms with Crippen molar-refractivity contribution in [2.24, 2.45) is 0 Å². The fourth-order valence-corrected chi connectivity index (χ4v) is 4.65. The molecule has 7 nitrogen and oxygen atoms in total. The maximum atomic E-state index is 13.6. The molecule has 1 spiro atoms. The number of rotatable bonds is 4. The SMILES string of the molecule is COc1ccc(N2CC3(CCCCC3)N(c3cc(-c4ccccc4)no3)C2=O)cn1. The van der Waals surface area contributed by atoms with Crippen LogP contribution in [0.25, 0.3) is 11.3 Å². The van der Waals surface area contributed by atoms with Crippen LogP contribution in [-0.4, -0.2) is 35.4 Å². The zero-order valence-electron chi connectivity index (χ0n) is 17.0. The van der Waals surface area contributed by atoms with Crippen LogP contribution in [0.4, 0.5) is 16.4 Å². The summed E-state index contributed by atoms with van der Waals surface area (Å²) in [6.45, 7) is 0.612. The number of aromatic nitrogens is 2. The summed E-state index contributed by atoms with van der Waals surface area (Å²) in [7, 11) is 1.58. The highest BCUT2D eigenvalue weighted by atomic mass is 16.5. The number of hydrogen-bond acceptors (Lipinski definition) is 5. The summed E-state index contributed by atoms with van der Waals surface area (Å²) in [6, 6.07) is 15.3. The Bertz CT molecular complexity index is 1030. The van der Waals surface area contributed by atoms with Crippen LogP contribution in [0.5, 0.6) is 5.88 Å². The minimum atomic E-state index is -0.289. The Kier molecular flexibility index (Phi) is 4.65. The average Bonchev–Trinajstić information content (AvgIpc) is 3.38. The third-order valence-corrected chi connectivity index (χ3v) is 6.16. The van der Waals surface area contributed by atoms with Crippen molar-refractivity contribution in [1.29, 1.82) is 0 Å². The van der Waals surface area contributed by atoms with E-state index in [2.05, 4.69) is 10.1 Å². The third-order valence-electron chi connectivity index (χ3n) is 6.16. The summed E-state index contributed by atoms with van der Waals surface area (Å²) in [5, 5.41) is 4.25. The van der Waals surface area contributed by atoms with Crippen LogP contribution in [0, 0.1) is 0 Å². The van der Waals surface area contributed by atoms with Crippen LogP contribution in [-0.2, 0) is 0 Å². The number of urea groups is 1. The standard InChI is InChI=1S/C23H24N4O3/c1-29-20-11-10-18(15-24-20)26-16-23(12-6-3-7-13-23)27(22(26)28)21-14-19(25-30-21)17-8-4-2-5-9-17/h2,4-5,8-11,14-15H,3,6-7,12-13,16H2,1H3. The van der Waals surface area contributed by atoms with E-state index < -0.39 is 0 Å². The molecule has 0 radical (unpaired) electrons. The molecule has 3 aromatic rings. The number of anilines is 2. The second kappa shape index (κ2) is 7.48. The Morgan fingerprint density at radius 3 is 2.57 bits per heavy atom. The number of amides is 2. The van der Waals surface area contributed by atoms with Crippen molar-refractivity contribution in [2.75, 3.05) is 23.5 Å². The van der Waals surface area contributed by atoms with Crippen LogP contribution >= 0.6 is 0 Å². The molecule has 2 fully saturated rings. The second-order valence-electron chi connectivity index (χ2n) is 7.96.